The first-order valence-electron chi connectivity index (χ1n) is 16.4. The van der Waals surface area contributed by atoms with Crippen LogP contribution in [0.4, 0.5) is 0 Å². The molecule has 0 amide bonds. The number of unbranched alkanes of at least 4 members (excludes halogenated alkanes) is 4. The fourth-order valence-corrected chi connectivity index (χ4v) is 6.08. The second-order valence-corrected chi connectivity index (χ2v) is 12.3. The van der Waals surface area contributed by atoms with Gasteiger partial charge in [-0.3, -0.25) is 14.7 Å². The highest BCUT2D eigenvalue weighted by molar-refractivity contribution is 5.87. The molecule has 7 N–H and O–H groups in total. The van der Waals surface area contributed by atoms with Crippen molar-refractivity contribution >= 4 is 12.0 Å². The van der Waals surface area contributed by atoms with Gasteiger partial charge in [0.2, 0.25) is 6.73 Å². The summed E-state index contributed by atoms with van der Waals surface area (Å²) in [5.41, 5.74) is 18.0. The number of aliphatic hydroxyl groups excluding tert-OH is 1. The molecule has 0 fully saturated rings. The fraction of sp³-hybridized carbons (Fsp3) is 0.500. The zero-order valence-corrected chi connectivity index (χ0v) is 26.4. The number of nitrogens with one attached hydrogen (secondary N) is 1. The van der Waals surface area contributed by atoms with Crippen molar-refractivity contribution in [3.05, 3.63) is 82.2 Å². The number of hydrogen-bond donors (Lipinski definition) is 5. The first kappa shape index (κ1) is 33.6. The predicted octanol–water partition coefficient (Wildman–Crippen LogP) is 4.65. The number of carbonyl (C=O) groups is 1. The summed E-state index contributed by atoms with van der Waals surface area (Å²) in [6.07, 6.45) is 12.3. The minimum Gasteiger partial charge on any atom is -0.504 e. The Labute approximate surface area is 262 Å². The second-order valence-electron chi connectivity index (χ2n) is 12.3. The van der Waals surface area contributed by atoms with E-state index in [9.17, 15) is 15.0 Å². The molecule has 3 atom stereocenters. The average molecular weight is 604 g/mol. The molecule has 8 nitrogen and oxygen atoms in total. The van der Waals surface area contributed by atoms with E-state index in [1.165, 1.54) is 11.1 Å². The second kappa shape index (κ2) is 16.7. The van der Waals surface area contributed by atoms with E-state index >= 15 is 0 Å². The molecule has 0 bridgehead atoms. The van der Waals surface area contributed by atoms with Crippen LogP contribution in [0.2, 0.25) is 0 Å². The summed E-state index contributed by atoms with van der Waals surface area (Å²) in [5, 5.41) is 21.3. The lowest BCUT2D eigenvalue weighted by Crippen LogP contribution is -3.07. The number of nitrogens with zero attached hydrogens (tertiary/aromatic N) is 1. The van der Waals surface area contributed by atoms with Gasteiger partial charge in [0.15, 0.2) is 11.5 Å². The molecule has 238 valence electrons. The molecule has 8 heteroatoms. The maximum atomic E-state index is 13.2. The highest BCUT2D eigenvalue weighted by Gasteiger charge is 2.29. The van der Waals surface area contributed by atoms with Crippen LogP contribution >= 0.6 is 0 Å². The van der Waals surface area contributed by atoms with Crippen molar-refractivity contribution in [2.75, 3.05) is 13.3 Å². The Morgan fingerprint density at radius 3 is 2.55 bits per heavy atom. The Hall–Kier alpha value is -3.30. The number of fused-ring (bicyclic) bond motifs is 1. The Kier molecular flexibility index (Phi) is 12.7. The van der Waals surface area contributed by atoms with Gasteiger partial charge in [0, 0.05) is 24.1 Å². The van der Waals surface area contributed by atoms with Crippen molar-refractivity contribution in [2.45, 2.75) is 96.7 Å². The fourth-order valence-electron chi connectivity index (χ4n) is 6.08. The third kappa shape index (κ3) is 9.35. The number of ketones is 1. The molecule has 0 spiro atoms. The van der Waals surface area contributed by atoms with Gasteiger partial charge in [-0.15, -0.1) is 0 Å². The standard InChI is InChI=1S/C36H50N4O4/c1-3-5-7-12-29(32(41)13-8-6-4-2)33(42)16-14-25-15-17-34(43)35(20-25)44-24-40-22-30-28(21-39-31(30)23-40)19-26-10-9-11-27(18-26)36(37)38/h9-11,15,17-18,20-21,23,29,32,36,41,43H,3-8,12-14,16,19,22,24,37-38H2,1-2H3/p+1/t29-,32-/m1/s1. The maximum absolute atomic E-state index is 13.2. The van der Waals surface area contributed by atoms with Crippen LogP contribution in [0.25, 0.3) is 0 Å². The normalized spacial score (nSPS) is 17.2. The molecule has 0 saturated heterocycles. The number of nitrogens with two attached hydrogens (primary N) is 2. The summed E-state index contributed by atoms with van der Waals surface area (Å²) < 4.78 is 6.08. The van der Waals surface area contributed by atoms with Gasteiger partial charge in [0.1, 0.15) is 24.2 Å². The lowest BCUT2D eigenvalue weighted by molar-refractivity contribution is -0.855. The third-order valence-corrected chi connectivity index (χ3v) is 8.73. The summed E-state index contributed by atoms with van der Waals surface area (Å²) in [4.78, 5) is 19.0. The molecule has 2 aromatic rings. The van der Waals surface area contributed by atoms with E-state index in [0.717, 1.165) is 85.2 Å². The molecular formula is C36H51N4O4+. The summed E-state index contributed by atoms with van der Waals surface area (Å²) in [5.74, 6) is 0.306. The summed E-state index contributed by atoms with van der Waals surface area (Å²) >= 11 is 0. The van der Waals surface area contributed by atoms with Crippen LogP contribution < -0.4 is 21.1 Å². The molecule has 4 rings (SSSR count). The quantitative estimate of drug-likeness (QED) is 0.117. The van der Waals surface area contributed by atoms with Gasteiger partial charge >= 0.3 is 0 Å². The van der Waals surface area contributed by atoms with Gasteiger partial charge < -0.3 is 26.4 Å². The monoisotopic (exact) mass is 603 g/mol. The van der Waals surface area contributed by atoms with Gasteiger partial charge in [-0.05, 0) is 60.1 Å². The summed E-state index contributed by atoms with van der Waals surface area (Å²) in [7, 11) is 0. The number of ether oxygens (including phenoxy) is 1. The van der Waals surface area contributed by atoms with Crippen molar-refractivity contribution in [3.63, 3.8) is 0 Å². The number of phenols is 1. The number of rotatable bonds is 19. The number of Topliss-reactive ketones (excluding diaryl/α,β-unsaturated/α-hetero) is 1. The number of hydrogen-bond acceptors (Lipinski definition) is 7. The van der Waals surface area contributed by atoms with Gasteiger partial charge in [-0.25, -0.2) is 0 Å². The first-order chi connectivity index (χ1) is 21.3. The van der Waals surface area contributed by atoms with Crippen molar-refractivity contribution < 1.29 is 24.6 Å². The molecule has 0 aliphatic carbocycles. The third-order valence-electron chi connectivity index (χ3n) is 8.73. The Balaban J connectivity index is 1.32. The number of allylic oxidation sites excluding steroid dienone is 1. The Morgan fingerprint density at radius 2 is 1.80 bits per heavy atom. The van der Waals surface area contributed by atoms with E-state index < -0.39 is 12.3 Å². The van der Waals surface area contributed by atoms with E-state index in [0.29, 0.717) is 31.7 Å². The molecule has 2 aliphatic heterocycles. The smallest absolute Gasteiger partial charge is 0.227 e. The molecule has 44 heavy (non-hydrogen) atoms. The van der Waals surface area contributed by atoms with E-state index in [2.05, 4.69) is 31.1 Å². The van der Waals surface area contributed by atoms with Crippen molar-refractivity contribution in [1.82, 2.24) is 0 Å². The molecule has 0 radical (unpaired) electrons. The lowest BCUT2D eigenvalue weighted by Gasteiger charge is -2.22. The topological polar surface area (TPSA) is 136 Å². The van der Waals surface area contributed by atoms with Gasteiger partial charge in [0.25, 0.3) is 0 Å². The van der Waals surface area contributed by atoms with Crippen LogP contribution in [-0.2, 0) is 17.6 Å². The van der Waals surface area contributed by atoms with Crippen molar-refractivity contribution in [1.29, 1.82) is 0 Å². The zero-order valence-electron chi connectivity index (χ0n) is 26.4. The number of aliphatic imine (C=N–C) groups is 1. The molecule has 2 aromatic carbocycles. The van der Waals surface area contributed by atoms with E-state index in [1.807, 2.05) is 36.5 Å². The van der Waals surface area contributed by atoms with Crippen LogP contribution in [0, 0.1) is 5.92 Å². The number of aryl methyl sites for hydroxylation is 1. The summed E-state index contributed by atoms with van der Waals surface area (Å²) in [6.45, 7) is 5.38. The first-order valence-corrected chi connectivity index (χ1v) is 16.4. The molecule has 0 aromatic heterocycles. The Morgan fingerprint density at radius 1 is 1.02 bits per heavy atom. The van der Waals surface area contributed by atoms with Gasteiger partial charge in [0.05, 0.1) is 12.3 Å². The Bertz CT molecular complexity index is 1350. The van der Waals surface area contributed by atoms with Crippen molar-refractivity contribution in [3.8, 4) is 11.5 Å². The van der Waals surface area contributed by atoms with Crippen LogP contribution in [0.5, 0.6) is 11.5 Å². The summed E-state index contributed by atoms with van der Waals surface area (Å²) in [6, 6.07) is 13.3. The van der Waals surface area contributed by atoms with Crippen LogP contribution in [0.3, 0.4) is 0 Å². The minimum absolute atomic E-state index is 0.0752. The van der Waals surface area contributed by atoms with Gasteiger partial charge in [-0.2, -0.15) is 0 Å². The predicted molar refractivity (Wildman–Crippen MR) is 175 cm³/mol. The van der Waals surface area contributed by atoms with Crippen LogP contribution in [-0.4, -0.2) is 41.6 Å². The van der Waals surface area contributed by atoms with E-state index in [-0.39, 0.29) is 17.5 Å². The SMILES string of the molecule is CCCCC[C@@H](O)[C@@H](CCCCC)C(=O)CCc1ccc(O)c(OC[NH+]2C=C3N=CC(Cc4cccc(C(N)N)c4)=C3C2)c1. The van der Waals surface area contributed by atoms with Crippen molar-refractivity contribution in [2.24, 2.45) is 22.4 Å². The number of phenolic OH excluding ortho intramolecular Hbond substituents is 1. The van der Waals surface area contributed by atoms with Gasteiger partial charge in [-0.1, -0.05) is 82.7 Å². The lowest BCUT2D eigenvalue weighted by atomic mass is 9.86. The molecule has 1 unspecified atom stereocenters. The molecule has 2 heterocycles. The molecule has 0 saturated carbocycles. The number of aromatic hydroxyl groups is 1. The largest absolute Gasteiger partial charge is 0.504 e. The number of benzene rings is 2. The van der Waals surface area contributed by atoms with E-state index in [4.69, 9.17) is 16.2 Å². The van der Waals surface area contributed by atoms with Crippen LogP contribution in [0.15, 0.2) is 70.5 Å². The number of aliphatic hydroxyl groups is 1. The minimum atomic E-state index is -0.573. The highest BCUT2D eigenvalue weighted by atomic mass is 16.5. The molecular weight excluding hydrogens is 552 g/mol. The number of quaternary nitrogens is 1. The average Bonchev–Trinajstić information content (AvgIpc) is 3.59. The van der Waals surface area contributed by atoms with Crippen LogP contribution in [0.1, 0.15) is 94.5 Å². The van der Waals surface area contributed by atoms with E-state index in [1.54, 1.807) is 6.07 Å². The molecule has 2 aliphatic rings. The maximum Gasteiger partial charge on any atom is 0.227 e. The zero-order chi connectivity index (χ0) is 31.5. The highest BCUT2D eigenvalue weighted by Crippen LogP contribution is 2.29. The number of carbonyl (C=O) groups excluding carboxylic acids is 1.